The van der Waals surface area contributed by atoms with E-state index in [9.17, 15) is 4.79 Å². The fourth-order valence-corrected chi connectivity index (χ4v) is 3.94. The van der Waals surface area contributed by atoms with Crippen LogP contribution in [0.2, 0.25) is 0 Å². The molecule has 4 aromatic rings. The van der Waals surface area contributed by atoms with Crippen LogP contribution >= 0.6 is 0 Å². The van der Waals surface area contributed by atoms with Crippen LogP contribution in [0.1, 0.15) is 32.0 Å². The molecule has 0 bridgehead atoms. The molecule has 0 radical (unpaired) electrons. The summed E-state index contributed by atoms with van der Waals surface area (Å²) in [7, 11) is 0. The van der Waals surface area contributed by atoms with Crippen LogP contribution < -0.4 is 15.4 Å². The van der Waals surface area contributed by atoms with Gasteiger partial charge in [-0.15, -0.1) is 0 Å². The van der Waals surface area contributed by atoms with Crippen LogP contribution in [0.3, 0.4) is 0 Å². The van der Waals surface area contributed by atoms with Crippen LogP contribution in [0.15, 0.2) is 60.9 Å². The average Bonchev–Trinajstić information content (AvgIpc) is 3.57. The standard InChI is InChI=1S/C27H28N6O3/c1-16(2)30-27(34)17(3)36-22-6-4-5-19(11-22)25-32-24-15-35-14-23(24)26(33-25)31-21-9-7-18(8-10-21)20-12-28-29-13-20/h4-13,16-17H,14-15H2,1-3H3,(H,28,29)(H,30,34)(H,31,32,33). The van der Waals surface area contributed by atoms with Gasteiger partial charge in [-0.25, -0.2) is 9.97 Å². The summed E-state index contributed by atoms with van der Waals surface area (Å²) in [5.74, 6) is 1.68. The maximum atomic E-state index is 12.3. The summed E-state index contributed by atoms with van der Waals surface area (Å²) in [5, 5.41) is 13.1. The Hall–Kier alpha value is -4.24. The van der Waals surface area contributed by atoms with Crippen molar-refractivity contribution in [1.82, 2.24) is 25.5 Å². The average molecular weight is 485 g/mol. The normalized spacial score (nSPS) is 13.3. The Labute approximate surface area is 209 Å². The van der Waals surface area contributed by atoms with E-state index in [1.807, 2.05) is 68.6 Å². The lowest BCUT2D eigenvalue weighted by molar-refractivity contribution is -0.127. The lowest BCUT2D eigenvalue weighted by Crippen LogP contribution is -2.40. The number of benzene rings is 2. The number of carbonyl (C=O) groups is 1. The maximum absolute atomic E-state index is 12.3. The Kier molecular flexibility index (Phi) is 6.64. The predicted octanol–water partition coefficient (Wildman–Crippen LogP) is 4.60. The van der Waals surface area contributed by atoms with Gasteiger partial charge in [-0.05, 0) is 50.6 Å². The SMILES string of the molecule is CC(C)NC(=O)C(C)Oc1cccc(-c2nc3c(c(Nc4ccc(-c5cn[nH]c5)cc4)n2)COC3)c1. The summed E-state index contributed by atoms with van der Waals surface area (Å²) >= 11 is 0. The first-order chi connectivity index (χ1) is 17.5. The molecule has 1 atom stereocenters. The molecule has 3 heterocycles. The van der Waals surface area contributed by atoms with Crippen LogP contribution in [0.5, 0.6) is 5.75 Å². The summed E-state index contributed by atoms with van der Waals surface area (Å²) in [6.45, 7) is 6.45. The van der Waals surface area contributed by atoms with Crippen LogP contribution in [0.25, 0.3) is 22.5 Å². The van der Waals surface area contributed by atoms with Gasteiger partial charge in [-0.3, -0.25) is 9.89 Å². The molecule has 5 rings (SSSR count). The van der Waals surface area contributed by atoms with Crippen LogP contribution in [-0.4, -0.2) is 38.2 Å². The smallest absolute Gasteiger partial charge is 0.260 e. The molecule has 9 nitrogen and oxygen atoms in total. The maximum Gasteiger partial charge on any atom is 0.260 e. The van der Waals surface area contributed by atoms with Crippen LogP contribution in [0.4, 0.5) is 11.5 Å². The van der Waals surface area contributed by atoms with Crippen molar-refractivity contribution in [2.75, 3.05) is 5.32 Å². The van der Waals surface area contributed by atoms with Gasteiger partial charge in [0.1, 0.15) is 11.6 Å². The number of fused-ring (bicyclic) bond motifs is 1. The monoisotopic (exact) mass is 484 g/mol. The van der Waals surface area contributed by atoms with E-state index >= 15 is 0 Å². The van der Waals surface area contributed by atoms with Crippen molar-refractivity contribution in [2.45, 2.75) is 46.1 Å². The zero-order valence-electron chi connectivity index (χ0n) is 20.4. The van der Waals surface area contributed by atoms with Gasteiger partial charge in [-0.2, -0.15) is 5.10 Å². The number of nitrogens with one attached hydrogen (secondary N) is 3. The summed E-state index contributed by atoms with van der Waals surface area (Å²) in [6.07, 6.45) is 3.02. The molecule has 1 unspecified atom stereocenters. The molecule has 1 amide bonds. The molecule has 1 aliphatic rings. The second-order valence-electron chi connectivity index (χ2n) is 8.95. The van der Waals surface area contributed by atoms with E-state index in [0.717, 1.165) is 33.6 Å². The number of amides is 1. The first-order valence-electron chi connectivity index (χ1n) is 11.9. The van der Waals surface area contributed by atoms with Gasteiger partial charge < -0.3 is 20.1 Å². The zero-order chi connectivity index (χ0) is 25.1. The first-order valence-corrected chi connectivity index (χ1v) is 11.9. The number of nitrogens with zero attached hydrogens (tertiary/aromatic N) is 3. The third-order valence-electron chi connectivity index (χ3n) is 5.76. The van der Waals surface area contributed by atoms with Crippen molar-refractivity contribution < 1.29 is 14.3 Å². The number of H-pyrrole nitrogens is 1. The van der Waals surface area contributed by atoms with E-state index in [0.29, 0.717) is 30.6 Å². The van der Waals surface area contributed by atoms with E-state index < -0.39 is 6.10 Å². The fraction of sp³-hybridized carbons (Fsp3) is 0.259. The number of aromatic amines is 1. The molecule has 3 N–H and O–H groups in total. The highest BCUT2D eigenvalue weighted by Gasteiger charge is 2.21. The molecular formula is C27H28N6O3. The molecule has 2 aromatic heterocycles. The highest BCUT2D eigenvalue weighted by Crippen LogP contribution is 2.31. The first kappa shape index (κ1) is 23.5. The molecule has 0 saturated carbocycles. The largest absolute Gasteiger partial charge is 0.481 e. The Morgan fingerprint density at radius 3 is 2.61 bits per heavy atom. The molecule has 0 fully saturated rings. The molecule has 0 aliphatic carbocycles. The lowest BCUT2D eigenvalue weighted by Gasteiger charge is -2.17. The Morgan fingerprint density at radius 2 is 1.86 bits per heavy atom. The second-order valence-corrected chi connectivity index (χ2v) is 8.95. The number of aromatic nitrogens is 4. The van der Waals surface area contributed by atoms with Crippen molar-refractivity contribution in [1.29, 1.82) is 0 Å². The van der Waals surface area contributed by atoms with Gasteiger partial charge in [0.2, 0.25) is 0 Å². The number of carbonyl (C=O) groups excluding carboxylic acids is 1. The van der Waals surface area contributed by atoms with E-state index in [2.05, 4.69) is 20.8 Å². The van der Waals surface area contributed by atoms with Crippen LogP contribution in [0, 0.1) is 0 Å². The highest BCUT2D eigenvalue weighted by molar-refractivity contribution is 5.81. The lowest BCUT2D eigenvalue weighted by atomic mass is 10.1. The minimum Gasteiger partial charge on any atom is -0.481 e. The van der Waals surface area contributed by atoms with Gasteiger partial charge in [0.25, 0.3) is 5.91 Å². The molecule has 9 heteroatoms. The van der Waals surface area contributed by atoms with Gasteiger partial charge >= 0.3 is 0 Å². The number of rotatable bonds is 8. The molecule has 2 aromatic carbocycles. The quantitative estimate of drug-likeness (QED) is 0.335. The molecule has 184 valence electrons. The number of ether oxygens (including phenoxy) is 2. The van der Waals surface area contributed by atoms with Crippen LogP contribution in [-0.2, 0) is 22.7 Å². The van der Waals surface area contributed by atoms with E-state index in [-0.39, 0.29) is 11.9 Å². The number of hydrogen-bond acceptors (Lipinski definition) is 7. The van der Waals surface area contributed by atoms with Gasteiger partial charge in [-0.1, -0.05) is 24.3 Å². The molecule has 0 saturated heterocycles. The third-order valence-corrected chi connectivity index (χ3v) is 5.76. The van der Waals surface area contributed by atoms with Crippen molar-refractivity contribution in [3.05, 3.63) is 72.2 Å². The predicted molar refractivity (Wildman–Crippen MR) is 137 cm³/mol. The molecule has 1 aliphatic heterocycles. The number of anilines is 2. The minimum absolute atomic E-state index is 0.0460. The number of hydrogen-bond donors (Lipinski definition) is 3. The summed E-state index contributed by atoms with van der Waals surface area (Å²) < 4.78 is 11.5. The summed E-state index contributed by atoms with van der Waals surface area (Å²) in [4.78, 5) is 21.8. The molecule has 0 spiro atoms. The second kappa shape index (κ2) is 10.2. The Bertz CT molecular complexity index is 1350. The van der Waals surface area contributed by atoms with Crippen molar-refractivity contribution in [3.63, 3.8) is 0 Å². The Balaban J connectivity index is 1.39. The highest BCUT2D eigenvalue weighted by atomic mass is 16.5. The minimum atomic E-state index is -0.626. The van der Waals surface area contributed by atoms with Gasteiger partial charge in [0.05, 0.1) is 25.1 Å². The van der Waals surface area contributed by atoms with Crippen molar-refractivity contribution >= 4 is 17.4 Å². The van der Waals surface area contributed by atoms with Crippen molar-refractivity contribution in [2.24, 2.45) is 0 Å². The van der Waals surface area contributed by atoms with Crippen molar-refractivity contribution in [3.8, 4) is 28.3 Å². The Morgan fingerprint density at radius 1 is 1.03 bits per heavy atom. The van der Waals surface area contributed by atoms with E-state index in [1.54, 1.807) is 13.1 Å². The third kappa shape index (κ3) is 5.21. The topological polar surface area (TPSA) is 114 Å². The van der Waals surface area contributed by atoms with E-state index in [1.165, 1.54) is 0 Å². The van der Waals surface area contributed by atoms with Gasteiger partial charge in [0, 0.05) is 34.6 Å². The van der Waals surface area contributed by atoms with E-state index in [4.69, 9.17) is 19.4 Å². The van der Waals surface area contributed by atoms with Gasteiger partial charge in [0.15, 0.2) is 11.9 Å². The summed E-state index contributed by atoms with van der Waals surface area (Å²) in [5.41, 5.74) is 5.59. The zero-order valence-corrected chi connectivity index (χ0v) is 20.4. The summed E-state index contributed by atoms with van der Waals surface area (Å²) in [6, 6.07) is 15.6. The molecule has 36 heavy (non-hydrogen) atoms. The fourth-order valence-electron chi connectivity index (χ4n) is 3.94. The molecular weight excluding hydrogens is 456 g/mol.